The third-order valence-corrected chi connectivity index (χ3v) is 4.94. The summed E-state index contributed by atoms with van der Waals surface area (Å²) in [7, 11) is 1.58. The van der Waals surface area contributed by atoms with Crippen LogP contribution < -0.4 is 14.8 Å². The summed E-state index contributed by atoms with van der Waals surface area (Å²) < 4.78 is 22.1. The molecule has 0 bridgehead atoms. The summed E-state index contributed by atoms with van der Waals surface area (Å²) in [5.74, 6) is 3.22. The number of nitrogens with zero attached hydrogens (tertiary/aromatic N) is 2. The summed E-state index contributed by atoms with van der Waals surface area (Å²) in [6, 6.07) is 10.3. The molecule has 158 valence electrons. The average molecular weight is 411 g/mol. The van der Waals surface area contributed by atoms with Crippen molar-refractivity contribution in [2.24, 2.45) is 5.92 Å². The number of benzene rings is 1. The zero-order valence-electron chi connectivity index (χ0n) is 17.3. The van der Waals surface area contributed by atoms with Crippen LogP contribution in [-0.4, -0.2) is 23.2 Å². The number of hydrogen-bond acceptors (Lipinski definition) is 7. The lowest BCUT2D eigenvalue weighted by molar-refractivity contribution is 0.0881. The van der Waals surface area contributed by atoms with Gasteiger partial charge in [-0.1, -0.05) is 31.1 Å². The van der Waals surface area contributed by atoms with Crippen LogP contribution in [0, 0.1) is 5.92 Å². The molecular formula is C22H25N3O5. The molecule has 0 aliphatic heterocycles. The first kappa shape index (κ1) is 20.0. The fourth-order valence-electron chi connectivity index (χ4n) is 3.07. The Morgan fingerprint density at radius 1 is 1.20 bits per heavy atom. The summed E-state index contributed by atoms with van der Waals surface area (Å²) in [6.07, 6.45) is 2.17. The minimum absolute atomic E-state index is 0.0739. The summed E-state index contributed by atoms with van der Waals surface area (Å²) >= 11 is 0. The fraction of sp³-hybridized carbons (Fsp3) is 0.409. The van der Waals surface area contributed by atoms with E-state index in [2.05, 4.69) is 15.5 Å². The van der Waals surface area contributed by atoms with Crippen molar-refractivity contribution in [2.45, 2.75) is 45.3 Å². The predicted octanol–water partition coefficient (Wildman–Crippen LogP) is 4.25. The van der Waals surface area contributed by atoms with Gasteiger partial charge in [-0.25, -0.2) is 0 Å². The van der Waals surface area contributed by atoms with E-state index in [1.54, 1.807) is 19.2 Å². The van der Waals surface area contributed by atoms with Gasteiger partial charge in [-0.05, 0) is 43.0 Å². The molecule has 1 aromatic carbocycles. The number of ether oxygens (including phenoxy) is 2. The molecule has 1 N–H and O–H groups in total. The molecule has 1 saturated carbocycles. The number of rotatable bonds is 9. The zero-order valence-corrected chi connectivity index (χ0v) is 17.3. The molecule has 1 unspecified atom stereocenters. The first-order chi connectivity index (χ1) is 14.5. The van der Waals surface area contributed by atoms with Gasteiger partial charge in [0.1, 0.15) is 18.4 Å². The van der Waals surface area contributed by atoms with Crippen molar-refractivity contribution in [3.8, 4) is 11.5 Å². The highest BCUT2D eigenvalue weighted by Gasteiger charge is 2.32. The van der Waals surface area contributed by atoms with Crippen molar-refractivity contribution in [3.63, 3.8) is 0 Å². The standard InChI is InChI=1S/C22H25N3O5/c1-13(2)19(22-24-20(25-30-22)14-8-9-14)23-21(26)18-11-10-15(29-18)12-28-17-7-5-4-6-16(17)27-3/h4-7,10-11,13-14,19H,8-9,12H2,1-3H3,(H,23,26). The molecule has 1 aliphatic rings. The summed E-state index contributed by atoms with van der Waals surface area (Å²) in [4.78, 5) is 17.2. The number of furan rings is 1. The van der Waals surface area contributed by atoms with Crippen LogP contribution in [0.1, 0.15) is 66.7 Å². The smallest absolute Gasteiger partial charge is 0.287 e. The molecule has 2 heterocycles. The molecule has 1 fully saturated rings. The molecule has 0 radical (unpaired) electrons. The minimum atomic E-state index is -0.393. The second-order valence-corrected chi connectivity index (χ2v) is 7.67. The Bertz CT molecular complexity index is 1010. The molecule has 3 aromatic rings. The Balaban J connectivity index is 1.39. The van der Waals surface area contributed by atoms with Crippen molar-refractivity contribution in [2.75, 3.05) is 7.11 Å². The Labute approximate surface area is 174 Å². The van der Waals surface area contributed by atoms with Crippen LogP contribution >= 0.6 is 0 Å². The average Bonchev–Trinajstić information content (AvgIpc) is 3.29. The molecular weight excluding hydrogens is 386 g/mol. The maximum Gasteiger partial charge on any atom is 0.287 e. The number of nitrogens with one attached hydrogen (secondary N) is 1. The lowest BCUT2D eigenvalue weighted by Crippen LogP contribution is -2.31. The minimum Gasteiger partial charge on any atom is -0.493 e. The van der Waals surface area contributed by atoms with E-state index >= 15 is 0 Å². The van der Waals surface area contributed by atoms with Crippen LogP contribution in [0.2, 0.25) is 0 Å². The third kappa shape index (κ3) is 4.48. The Morgan fingerprint density at radius 2 is 1.97 bits per heavy atom. The van der Waals surface area contributed by atoms with E-state index in [-0.39, 0.29) is 24.2 Å². The van der Waals surface area contributed by atoms with E-state index in [0.29, 0.717) is 29.1 Å². The van der Waals surface area contributed by atoms with Crippen LogP contribution in [0.25, 0.3) is 0 Å². The SMILES string of the molecule is COc1ccccc1OCc1ccc(C(=O)NC(c2nc(C3CC3)no2)C(C)C)o1. The molecule has 0 spiro atoms. The third-order valence-electron chi connectivity index (χ3n) is 4.94. The van der Waals surface area contributed by atoms with Gasteiger partial charge in [-0.15, -0.1) is 0 Å². The highest BCUT2D eigenvalue weighted by atomic mass is 16.5. The summed E-state index contributed by atoms with van der Waals surface area (Å²) in [6.45, 7) is 4.15. The van der Waals surface area contributed by atoms with Gasteiger partial charge in [0, 0.05) is 5.92 Å². The number of aromatic nitrogens is 2. The lowest BCUT2D eigenvalue weighted by Gasteiger charge is -2.17. The van der Waals surface area contributed by atoms with Crippen molar-refractivity contribution in [1.29, 1.82) is 0 Å². The fourth-order valence-corrected chi connectivity index (χ4v) is 3.07. The first-order valence-electron chi connectivity index (χ1n) is 10.0. The first-order valence-corrected chi connectivity index (χ1v) is 10.0. The van der Waals surface area contributed by atoms with Crippen LogP contribution in [0.4, 0.5) is 0 Å². The van der Waals surface area contributed by atoms with E-state index in [1.165, 1.54) is 0 Å². The van der Waals surface area contributed by atoms with Gasteiger partial charge in [-0.2, -0.15) is 4.98 Å². The quantitative estimate of drug-likeness (QED) is 0.562. The van der Waals surface area contributed by atoms with Gasteiger partial charge in [0.05, 0.1) is 7.11 Å². The maximum atomic E-state index is 12.7. The molecule has 1 aliphatic carbocycles. The normalized spacial score (nSPS) is 14.5. The lowest BCUT2D eigenvalue weighted by atomic mass is 10.0. The highest BCUT2D eigenvalue weighted by molar-refractivity contribution is 5.91. The second-order valence-electron chi connectivity index (χ2n) is 7.67. The zero-order chi connectivity index (χ0) is 21.1. The van der Waals surface area contributed by atoms with Crippen LogP contribution in [0.3, 0.4) is 0 Å². The van der Waals surface area contributed by atoms with E-state index < -0.39 is 6.04 Å². The monoisotopic (exact) mass is 411 g/mol. The number of carbonyl (C=O) groups is 1. The molecule has 4 rings (SSSR count). The predicted molar refractivity (Wildman–Crippen MR) is 107 cm³/mol. The summed E-state index contributed by atoms with van der Waals surface area (Å²) in [5.41, 5.74) is 0. The molecule has 2 aromatic heterocycles. The molecule has 1 atom stereocenters. The van der Waals surface area contributed by atoms with Crippen LogP contribution in [0.5, 0.6) is 11.5 Å². The number of amides is 1. The summed E-state index contributed by atoms with van der Waals surface area (Å²) in [5, 5.41) is 6.98. The van der Waals surface area contributed by atoms with Crippen molar-refractivity contribution >= 4 is 5.91 Å². The van der Waals surface area contributed by atoms with Crippen molar-refractivity contribution < 1.29 is 23.2 Å². The maximum absolute atomic E-state index is 12.7. The van der Waals surface area contributed by atoms with Gasteiger partial charge in [0.15, 0.2) is 23.1 Å². The largest absolute Gasteiger partial charge is 0.493 e. The highest BCUT2D eigenvalue weighted by Crippen LogP contribution is 2.38. The molecule has 30 heavy (non-hydrogen) atoms. The number of para-hydroxylation sites is 2. The van der Waals surface area contributed by atoms with Gasteiger partial charge in [0.25, 0.3) is 5.91 Å². The van der Waals surface area contributed by atoms with Gasteiger partial charge >= 0.3 is 0 Å². The van der Waals surface area contributed by atoms with Crippen LogP contribution in [-0.2, 0) is 6.61 Å². The van der Waals surface area contributed by atoms with Gasteiger partial charge in [0.2, 0.25) is 5.89 Å². The van der Waals surface area contributed by atoms with E-state index in [0.717, 1.165) is 18.7 Å². The Morgan fingerprint density at radius 3 is 2.67 bits per heavy atom. The number of hydrogen-bond donors (Lipinski definition) is 1. The molecule has 8 heteroatoms. The van der Waals surface area contributed by atoms with Gasteiger partial charge < -0.3 is 23.7 Å². The van der Waals surface area contributed by atoms with E-state index in [4.69, 9.17) is 18.4 Å². The molecule has 0 saturated heterocycles. The van der Waals surface area contributed by atoms with E-state index in [1.807, 2.05) is 38.1 Å². The molecule has 8 nitrogen and oxygen atoms in total. The van der Waals surface area contributed by atoms with Crippen molar-refractivity contribution in [3.05, 3.63) is 59.6 Å². The Hall–Kier alpha value is -3.29. The molecule has 1 amide bonds. The Kier molecular flexibility index (Phi) is 5.74. The number of carbonyl (C=O) groups excluding carboxylic acids is 1. The number of methoxy groups -OCH3 is 1. The van der Waals surface area contributed by atoms with Gasteiger partial charge in [-0.3, -0.25) is 4.79 Å². The van der Waals surface area contributed by atoms with Crippen LogP contribution in [0.15, 0.2) is 45.3 Å². The second kappa shape index (κ2) is 8.61. The van der Waals surface area contributed by atoms with E-state index in [9.17, 15) is 4.79 Å². The topological polar surface area (TPSA) is 99.6 Å². The van der Waals surface area contributed by atoms with Crippen molar-refractivity contribution in [1.82, 2.24) is 15.5 Å².